The second kappa shape index (κ2) is 6.91. The molecular formula is C15H18ClNO4. The Labute approximate surface area is 128 Å². The van der Waals surface area contributed by atoms with E-state index in [1.54, 1.807) is 6.07 Å². The van der Waals surface area contributed by atoms with E-state index in [-0.39, 0.29) is 6.61 Å². The summed E-state index contributed by atoms with van der Waals surface area (Å²) in [6.45, 7) is 3.99. The van der Waals surface area contributed by atoms with Crippen LogP contribution in [-0.2, 0) is 19.1 Å². The van der Waals surface area contributed by atoms with Crippen LogP contribution in [0.4, 0.5) is 5.69 Å². The maximum atomic E-state index is 11.8. The average molecular weight is 312 g/mol. The van der Waals surface area contributed by atoms with Crippen LogP contribution in [0.5, 0.6) is 0 Å². The maximum Gasteiger partial charge on any atom is 0.335 e. The fourth-order valence-electron chi connectivity index (χ4n) is 2.24. The van der Waals surface area contributed by atoms with Crippen molar-refractivity contribution in [2.45, 2.75) is 32.8 Å². The molecule has 0 radical (unpaired) electrons. The van der Waals surface area contributed by atoms with Gasteiger partial charge in [-0.25, -0.2) is 4.79 Å². The largest absolute Gasteiger partial charge is 0.454 e. The molecule has 1 atom stereocenters. The number of amides is 1. The number of carbonyl (C=O) groups excluding carboxylic acids is 2. The van der Waals surface area contributed by atoms with Crippen molar-refractivity contribution >= 4 is 29.2 Å². The zero-order valence-electron chi connectivity index (χ0n) is 12.1. The van der Waals surface area contributed by atoms with Crippen molar-refractivity contribution < 1.29 is 19.1 Å². The van der Waals surface area contributed by atoms with Crippen molar-refractivity contribution in [3.63, 3.8) is 0 Å². The minimum Gasteiger partial charge on any atom is -0.454 e. The lowest BCUT2D eigenvalue weighted by Crippen LogP contribution is -2.27. The summed E-state index contributed by atoms with van der Waals surface area (Å²) in [6, 6.07) is 3.68. The van der Waals surface area contributed by atoms with Gasteiger partial charge in [0.2, 0.25) is 0 Å². The predicted octanol–water partition coefficient (Wildman–Crippen LogP) is 2.62. The van der Waals surface area contributed by atoms with Crippen LogP contribution < -0.4 is 5.32 Å². The van der Waals surface area contributed by atoms with Gasteiger partial charge in [-0.2, -0.15) is 0 Å². The molecule has 21 heavy (non-hydrogen) atoms. The summed E-state index contributed by atoms with van der Waals surface area (Å²) in [4.78, 5) is 23.5. The maximum absolute atomic E-state index is 11.8. The zero-order valence-corrected chi connectivity index (χ0v) is 12.8. The molecule has 1 N–H and O–H groups in total. The fraction of sp³-hybridized carbons (Fsp3) is 0.467. The molecule has 1 fully saturated rings. The third kappa shape index (κ3) is 4.19. The smallest absolute Gasteiger partial charge is 0.335 e. The molecule has 0 aliphatic carbocycles. The third-order valence-electron chi connectivity index (χ3n) is 3.23. The Morgan fingerprint density at radius 1 is 1.43 bits per heavy atom. The monoisotopic (exact) mass is 311 g/mol. The summed E-state index contributed by atoms with van der Waals surface area (Å²) in [7, 11) is 0. The molecule has 1 heterocycles. The van der Waals surface area contributed by atoms with Crippen molar-refractivity contribution in [3.8, 4) is 0 Å². The topological polar surface area (TPSA) is 64.6 Å². The first-order chi connectivity index (χ1) is 9.97. The van der Waals surface area contributed by atoms with Crippen LogP contribution in [0.15, 0.2) is 12.1 Å². The number of carbonyl (C=O) groups is 2. The van der Waals surface area contributed by atoms with Crippen molar-refractivity contribution in [3.05, 3.63) is 28.3 Å². The number of hydrogen-bond acceptors (Lipinski definition) is 4. The summed E-state index contributed by atoms with van der Waals surface area (Å²) >= 11 is 6.10. The summed E-state index contributed by atoms with van der Waals surface area (Å²) in [5, 5.41) is 3.13. The molecule has 1 aromatic rings. The minimum atomic E-state index is -0.539. The highest BCUT2D eigenvalue weighted by atomic mass is 35.5. The molecule has 2 rings (SSSR count). The number of nitrogens with one attached hydrogen (secondary N) is 1. The normalized spacial score (nSPS) is 17.6. The van der Waals surface area contributed by atoms with Crippen molar-refractivity contribution in [1.82, 2.24) is 0 Å². The molecule has 1 saturated heterocycles. The molecule has 0 spiro atoms. The molecule has 1 aliphatic heterocycles. The Hall–Kier alpha value is -1.59. The lowest BCUT2D eigenvalue weighted by atomic mass is 10.1. The van der Waals surface area contributed by atoms with E-state index in [9.17, 15) is 9.59 Å². The molecule has 1 amide bonds. The number of hydrogen-bond donors (Lipinski definition) is 1. The molecule has 5 nitrogen and oxygen atoms in total. The highest BCUT2D eigenvalue weighted by Gasteiger charge is 2.25. The van der Waals surface area contributed by atoms with Gasteiger partial charge in [-0.1, -0.05) is 17.7 Å². The van der Waals surface area contributed by atoms with Crippen LogP contribution in [-0.4, -0.2) is 31.2 Å². The van der Waals surface area contributed by atoms with Gasteiger partial charge in [0.1, 0.15) is 0 Å². The minimum absolute atomic E-state index is 0.345. The van der Waals surface area contributed by atoms with Gasteiger partial charge >= 0.3 is 5.97 Å². The van der Waals surface area contributed by atoms with E-state index in [1.165, 1.54) is 0 Å². The molecule has 114 valence electrons. The van der Waals surface area contributed by atoms with Gasteiger partial charge in [-0.15, -0.1) is 0 Å². The third-order valence-corrected chi connectivity index (χ3v) is 3.53. The zero-order chi connectivity index (χ0) is 15.4. The van der Waals surface area contributed by atoms with Gasteiger partial charge in [0, 0.05) is 6.61 Å². The van der Waals surface area contributed by atoms with E-state index in [4.69, 9.17) is 21.1 Å². The Balaban J connectivity index is 1.88. The Bertz CT molecular complexity index is 530. The van der Waals surface area contributed by atoms with Gasteiger partial charge < -0.3 is 14.8 Å². The molecule has 6 heteroatoms. The Morgan fingerprint density at radius 3 is 2.81 bits per heavy atom. The second-order valence-electron chi connectivity index (χ2n) is 5.10. The van der Waals surface area contributed by atoms with E-state index in [0.29, 0.717) is 23.7 Å². The van der Waals surface area contributed by atoms with E-state index < -0.39 is 18.0 Å². The fourth-order valence-corrected chi connectivity index (χ4v) is 2.61. The number of halogens is 1. The molecule has 1 aliphatic rings. The van der Waals surface area contributed by atoms with E-state index >= 15 is 0 Å². The first-order valence-electron chi connectivity index (χ1n) is 6.82. The predicted molar refractivity (Wildman–Crippen MR) is 79.5 cm³/mol. The molecular weight excluding hydrogens is 294 g/mol. The molecule has 0 unspecified atom stereocenters. The Morgan fingerprint density at radius 2 is 2.19 bits per heavy atom. The van der Waals surface area contributed by atoms with Crippen molar-refractivity contribution in [2.24, 2.45) is 0 Å². The quantitative estimate of drug-likeness (QED) is 0.868. The van der Waals surface area contributed by atoms with Crippen LogP contribution in [0.2, 0.25) is 5.02 Å². The first kappa shape index (κ1) is 15.8. The molecule has 0 bridgehead atoms. The summed E-state index contributed by atoms with van der Waals surface area (Å²) < 4.78 is 10.1. The van der Waals surface area contributed by atoms with Gasteiger partial charge in [0.15, 0.2) is 12.7 Å². The van der Waals surface area contributed by atoms with E-state index in [2.05, 4.69) is 5.32 Å². The van der Waals surface area contributed by atoms with Crippen LogP contribution in [0, 0.1) is 13.8 Å². The number of aryl methyl sites for hydroxylation is 2. The van der Waals surface area contributed by atoms with Crippen LogP contribution in [0.25, 0.3) is 0 Å². The van der Waals surface area contributed by atoms with Crippen LogP contribution in [0.3, 0.4) is 0 Å². The lowest BCUT2D eigenvalue weighted by Gasteiger charge is -2.13. The van der Waals surface area contributed by atoms with Gasteiger partial charge in [-0.05, 0) is 43.9 Å². The summed E-state index contributed by atoms with van der Waals surface area (Å²) in [5.74, 6) is -0.912. The standard InChI is InChI=1S/C15H18ClNO4/c1-9-6-10(2)14(11(16)7-9)17-13(18)8-21-15(19)12-4-3-5-20-12/h6-7,12H,3-5,8H2,1-2H3,(H,17,18)/t12-/m0/s1. The van der Waals surface area contributed by atoms with E-state index in [0.717, 1.165) is 17.5 Å². The van der Waals surface area contributed by atoms with E-state index in [1.807, 2.05) is 19.9 Å². The Kier molecular flexibility index (Phi) is 5.20. The lowest BCUT2D eigenvalue weighted by molar-refractivity contribution is -0.156. The highest BCUT2D eigenvalue weighted by molar-refractivity contribution is 6.34. The number of esters is 1. The second-order valence-corrected chi connectivity index (χ2v) is 5.50. The van der Waals surface area contributed by atoms with Gasteiger partial charge in [0.25, 0.3) is 5.91 Å². The van der Waals surface area contributed by atoms with Gasteiger partial charge in [0.05, 0.1) is 10.7 Å². The van der Waals surface area contributed by atoms with Crippen molar-refractivity contribution in [1.29, 1.82) is 0 Å². The van der Waals surface area contributed by atoms with Crippen LogP contribution in [0.1, 0.15) is 24.0 Å². The first-order valence-corrected chi connectivity index (χ1v) is 7.20. The highest BCUT2D eigenvalue weighted by Crippen LogP contribution is 2.27. The summed E-state index contributed by atoms with van der Waals surface area (Å²) in [6.07, 6.45) is 0.940. The number of benzene rings is 1. The molecule has 1 aromatic carbocycles. The summed E-state index contributed by atoms with van der Waals surface area (Å²) in [5.41, 5.74) is 2.42. The molecule has 0 aromatic heterocycles. The van der Waals surface area contributed by atoms with Crippen LogP contribution >= 0.6 is 11.6 Å². The number of anilines is 1. The average Bonchev–Trinajstić information content (AvgIpc) is 2.94. The van der Waals surface area contributed by atoms with Gasteiger partial charge in [-0.3, -0.25) is 4.79 Å². The molecule has 0 saturated carbocycles. The number of ether oxygens (including phenoxy) is 2. The van der Waals surface area contributed by atoms with Crippen molar-refractivity contribution in [2.75, 3.05) is 18.5 Å². The SMILES string of the molecule is Cc1cc(C)c(NC(=O)COC(=O)[C@@H]2CCCO2)c(Cl)c1. The number of rotatable bonds is 4.